The van der Waals surface area contributed by atoms with Crippen molar-refractivity contribution in [2.45, 2.75) is 25.6 Å². The molecular weight excluding hydrogens is 242 g/mol. The first-order valence-electron chi connectivity index (χ1n) is 5.19. The molecule has 0 aromatic carbocycles. The van der Waals surface area contributed by atoms with Crippen LogP contribution in [0, 0.1) is 0 Å². The van der Waals surface area contributed by atoms with E-state index in [1.165, 1.54) is 25.3 Å². The fourth-order valence-corrected chi connectivity index (χ4v) is 2.00. The van der Waals surface area contributed by atoms with Crippen LogP contribution >= 0.6 is 11.8 Å². The second kappa shape index (κ2) is 6.58. The van der Waals surface area contributed by atoms with E-state index in [2.05, 4.69) is 4.98 Å². The number of nitrogens with one attached hydrogen (secondary N) is 1. The molecule has 5 nitrogen and oxygen atoms in total. The molecule has 1 rings (SSSR count). The molecule has 17 heavy (non-hydrogen) atoms. The molecule has 0 aliphatic rings. The molecule has 94 valence electrons. The van der Waals surface area contributed by atoms with Crippen LogP contribution in [-0.4, -0.2) is 32.2 Å². The van der Waals surface area contributed by atoms with Crippen molar-refractivity contribution in [2.75, 3.05) is 5.75 Å². The molecule has 0 amide bonds. The average Bonchev–Trinajstić information content (AvgIpc) is 2.27. The smallest absolute Gasteiger partial charge is 0.248 e. The number of rotatable bonds is 5. The second-order valence-electron chi connectivity index (χ2n) is 3.63. The van der Waals surface area contributed by atoms with Crippen molar-refractivity contribution in [3.05, 3.63) is 34.2 Å². The fraction of sp³-hybridized carbons (Fsp3) is 0.455. The molecule has 2 unspecified atom stereocenters. The zero-order valence-corrected chi connectivity index (χ0v) is 10.2. The number of pyridine rings is 1. The number of aromatic amines is 1. The maximum absolute atomic E-state index is 11.0. The number of H-pyrrole nitrogens is 1. The molecule has 6 heteroatoms. The Hall–Kier alpha value is -1.11. The van der Waals surface area contributed by atoms with E-state index in [0.29, 0.717) is 11.3 Å². The third-order valence-corrected chi connectivity index (χ3v) is 3.07. The van der Waals surface area contributed by atoms with Crippen LogP contribution in [0.25, 0.3) is 0 Å². The minimum absolute atomic E-state index is 0.0251. The molecule has 0 saturated heterocycles. The molecule has 0 spiro atoms. The topological polar surface area (TPSA) is 90.4 Å². The number of aliphatic hydroxyl groups is 2. The monoisotopic (exact) mass is 257 g/mol. The minimum Gasteiger partial charge on any atom is -0.390 e. The van der Waals surface area contributed by atoms with Gasteiger partial charge in [0.1, 0.15) is 6.10 Å². The average molecular weight is 257 g/mol. The Morgan fingerprint density at radius 1 is 1.53 bits per heavy atom. The van der Waals surface area contributed by atoms with Gasteiger partial charge in [0.15, 0.2) is 5.12 Å². The van der Waals surface area contributed by atoms with Gasteiger partial charge in [0.2, 0.25) is 5.56 Å². The third kappa shape index (κ3) is 4.72. The summed E-state index contributed by atoms with van der Waals surface area (Å²) in [5.74, 6) is 0.441. The minimum atomic E-state index is -1.11. The molecule has 2 atom stereocenters. The summed E-state index contributed by atoms with van der Waals surface area (Å²) >= 11 is 1.10. The van der Waals surface area contributed by atoms with Crippen LogP contribution in [0.3, 0.4) is 0 Å². The maximum Gasteiger partial charge on any atom is 0.248 e. The Bertz CT molecular complexity index is 431. The number of hydrogen-bond acceptors (Lipinski definition) is 5. The van der Waals surface area contributed by atoms with Crippen molar-refractivity contribution in [2.24, 2.45) is 0 Å². The highest BCUT2D eigenvalue weighted by Crippen LogP contribution is 2.18. The van der Waals surface area contributed by atoms with E-state index < -0.39 is 12.2 Å². The van der Waals surface area contributed by atoms with Gasteiger partial charge in [-0.3, -0.25) is 9.59 Å². The summed E-state index contributed by atoms with van der Waals surface area (Å²) in [7, 11) is 0. The SMILES string of the molecule is CC(=O)SCCC(O)C(O)c1cc[nH]c(=O)c1. The molecular formula is C11H15NO4S. The molecule has 1 aromatic rings. The standard InChI is InChI=1S/C11H15NO4S/c1-7(13)17-5-3-9(14)11(16)8-2-4-12-10(15)6-8/h2,4,6,9,11,14,16H,3,5H2,1H3,(H,12,15). The molecule has 0 aliphatic carbocycles. The zero-order valence-electron chi connectivity index (χ0n) is 9.42. The van der Waals surface area contributed by atoms with Crippen LogP contribution in [0.15, 0.2) is 23.1 Å². The maximum atomic E-state index is 11.0. The summed E-state index contributed by atoms with van der Waals surface area (Å²) in [5, 5.41) is 19.4. The van der Waals surface area contributed by atoms with E-state index >= 15 is 0 Å². The number of aliphatic hydroxyl groups excluding tert-OH is 2. The molecule has 3 N–H and O–H groups in total. The van der Waals surface area contributed by atoms with Crippen molar-refractivity contribution in [1.29, 1.82) is 0 Å². The highest BCUT2D eigenvalue weighted by molar-refractivity contribution is 8.13. The van der Waals surface area contributed by atoms with Crippen LogP contribution in [0.4, 0.5) is 0 Å². The fourth-order valence-electron chi connectivity index (χ4n) is 1.35. The van der Waals surface area contributed by atoms with Crippen LogP contribution in [0.2, 0.25) is 0 Å². The lowest BCUT2D eigenvalue weighted by molar-refractivity contribution is -0.109. The summed E-state index contributed by atoms with van der Waals surface area (Å²) in [5.41, 5.74) is 0.0425. The summed E-state index contributed by atoms with van der Waals surface area (Å²) in [4.78, 5) is 24.1. The molecule has 0 aliphatic heterocycles. The predicted octanol–water partition coefficient (Wildman–Crippen LogP) is 0.439. The van der Waals surface area contributed by atoms with Gasteiger partial charge < -0.3 is 15.2 Å². The first kappa shape index (κ1) is 14.0. The van der Waals surface area contributed by atoms with Crippen LogP contribution in [0.5, 0.6) is 0 Å². The summed E-state index contributed by atoms with van der Waals surface area (Å²) in [6.45, 7) is 1.45. The Kier molecular flexibility index (Phi) is 5.40. The number of thioether (sulfide) groups is 1. The van der Waals surface area contributed by atoms with Gasteiger partial charge in [-0.05, 0) is 18.1 Å². The Morgan fingerprint density at radius 2 is 2.24 bits per heavy atom. The summed E-state index contributed by atoms with van der Waals surface area (Å²) in [6.07, 6.45) is -0.385. The Balaban J connectivity index is 2.54. The normalized spacial score (nSPS) is 14.3. The number of carbonyl (C=O) groups excluding carboxylic acids is 1. The van der Waals surface area contributed by atoms with E-state index in [9.17, 15) is 19.8 Å². The molecule has 0 bridgehead atoms. The first-order chi connectivity index (χ1) is 8.00. The van der Waals surface area contributed by atoms with E-state index in [1.54, 1.807) is 0 Å². The number of hydrogen-bond donors (Lipinski definition) is 3. The zero-order chi connectivity index (χ0) is 12.8. The van der Waals surface area contributed by atoms with E-state index in [-0.39, 0.29) is 17.1 Å². The number of carbonyl (C=O) groups is 1. The lowest BCUT2D eigenvalue weighted by Gasteiger charge is -2.17. The largest absolute Gasteiger partial charge is 0.390 e. The highest BCUT2D eigenvalue weighted by Gasteiger charge is 2.18. The Morgan fingerprint density at radius 3 is 2.82 bits per heavy atom. The van der Waals surface area contributed by atoms with Crippen LogP contribution in [-0.2, 0) is 4.79 Å². The Labute approximate surface area is 103 Å². The summed E-state index contributed by atoms with van der Waals surface area (Å²) < 4.78 is 0. The van der Waals surface area contributed by atoms with Gasteiger partial charge in [-0.1, -0.05) is 11.8 Å². The molecule has 1 aromatic heterocycles. The highest BCUT2D eigenvalue weighted by atomic mass is 32.2. The van der Waals surface area contributed by atoms with Crippen LogP contribution in [0.1, 0.15) is 25.0 Å². The molecule has 0 radical (unpaired) electrons. The van der Waals surface area contributed by atoms with Gasteiger partial charge in [0.05, 0.1) is 6.10 Å². The molecule has 0 saturated carbocycles. The lowest BCUT2D eigenvalue weighted by atomic mass is 10.0. The van der Waals surface area contributed by atoms with E-state index in [0.717, 1.165) is 11.8 Å². The van der Waals surface area contributed by atoms with Gasteiger partial charge in [0.25, 0.3) is 0 Å². The van der Waals surface area contributed by atoms with Gasteiger partial charge in [0, 0.05) is 24.9 Å². The van der Waals surface area contributed by atoms with E-state index in [1.807, 2.05) is 0 Å². The quantitative estimate of drug-likeness (QED) is 0.712. The van der Waals surface area contributed by atoms with Crippen molar-refractivity contribution < 1.29 is 15.0 Å². The van der Waals surface area contributed by atoms with Gasteiger partial charge >= 0.3 is 0 Å². The first-order valence-corrected chi connectivity index (χ1v) is 6.17. The van der Waals surface area contributed by atoms with Crippen molar-refractivity contribution in [3.63, 3.8) is 0 Å². The van der Waals surface area contributed by atoms with Gasteiger partial charge in [-0.2, -0.15) is 0 Å². The molecule has 1 heterocycles. The third-order valence-electron chi connectivity index (χ3n) is 2.22. The molecule has 0 fully saturated rings. The number of aromatic nitrogens is 1. The van der Waals surface area contributed by atoms with Crippen molar-refractivity contribution >= 4 is 16.9 Å². The second-order valence-corrected chi connectivity index (χ2v) is 4.90. The predicted molar refractivity (Wildman–Crippen MR) is 65.8 cm³/mol. The van der Waals surface area contributed by atoms with Crippen molar-refractivity contribution in [1.82, 2.24) is 4.98 Å². The van der Waals surface area contributed by atoms with Crippen LogP contribution < -0.4 is 5.56 Å². The summed E-state index contributed by atoms with van der Waals surface area (Å²) in [6, 6.07) is 2.78. The van der Waals surface area contributed by atoms with Crippen molar-refractivity contribution in [3.8, 4) is 0 Å². The van der Waals surface area contributed by atoms with E-state index in [4.69, 9.17) is 0 Å². The lowest BCUT2D eigenvalue weighted by Crippen LogP contribution is -2.20. The van der Waals surface area contributed by atoms with Gasteiger partial charge in [-0.25, -0.2) is 0 Å². The van der Waals surface area contributed by atoms with Gasteiger partial charge in [-0.15, -0.1) is 0 Å².